The van der Waals surface area contributed by atoms with E-state index in [1.807, 2.05) is 29.1 Å². The molecular formula is C13H15BrN4OS. The second kappa shape index (κ2) is 6.83. The quantitative estimate of drug-likeness (QED) is 0.780. The van der Waals surface area contributed by atoms with Crippen LogP contribution in [0.3, 0.4) is 0 Å². The summed E-state index contributed by atoms with van der Waals surface area (Å²) in [4.78, 5) is 0.348. The van der Waals surface area contributed by atoms with E-state index in [-0.39, 0.29) is 0 Å². The van der Waals surface area contributed by atoms with Crippen LogP contribution < -0.4 is 11.1 Å². The van der Waals surface area contributed by atoms with Gasteiger partial charge in [-0.25, -0.2) is 0 Å². The van der Waals surface area contributed by atoms with Gasteiger partial charge in [-0.1, -0.05) is 28.1 Å². The third kappa shape index (κ3) is 3.78. The van der Waals surface area contributed by atoms with Gasteiger partial charge in [-0.05, 0) is 18.2 Å². The summed E-state index contributed by atoms with van der Waals surface area (Å²) in [6.07, 6.45) is 3.66. The van der Waals surface area contributed by atoms with Crippen LogP contribution in [0.4, 0.5) is 11.4 Å². The smallest absolute Gasteiger partial charge is 0.106 e. The number of nitrogens with two attached hydrogens (primary N) is 1. The zero-order chi connectivity index (χ0) is 14.5. The minimum Gasteiger partial charge on any atom is -0.389 e. The summed E-state index contributed by atoms with van der Waals surface area (Å²) < 4.78 is 7.76. The highest BCUT2D eigenvalue weighted by molar-refractivity contribution is 9.10. The Kier molecular flexibility index (Phi) is 5.11. The number of anilines is 2. The van der Waals surface area contributed by atoms with Gasteiger partial charge in [0.05, 0.1) is 25.0 Å². The predicted molar refractivity (Wildman–Crippen MR) is 87.4 cm³/mol. The van der Waals surface area contributed by atoms with Crippen molar-refractivity contribution in [3.05, 3.63) is 40.6 Å². The van der Waals surface area contributed by atoms with Gasteiger partial charge in [-0.3, -0.25) is 4.68 Å². The van der Waals surface area contributed by atoms with Gasteiger partial charge in [0.2, 0.25) is 0 Å². The second-order valence-electron chi connectivity index (χ2n) is 4.16. The van der Waals surface area contributed by atoms with Crippen LogP contribution in [-0.4, -0.2) is 28.5 Å². The predicted octanol–water partition coefficient (Wildman–Crippen LogP) is 2.67. The number of nitrogens with zero attached hydrogens (tertiary/aromatic N) is 2. The zero-order valence-electron chi connectivity index (χ0n) is 11.0. The van der Waals surface area contributed by atoms with Crippen molar-refractivity contribution >= 4 is 44.5 Å². The van der Waals surface area contributed by atoms with Gasteiger partial charge in [0, 0.05) is 29.0 Å². The first kappa shape index (κ1) is 15.0. The van der Waals surface area contributed by atoms with Gasteiger partial charge in [-0.2, -0.15) is 5.10 Å². The Balaban J connectivity index is 2.17. The highest BCUT2D eigenvalue weighted by Gasteiger charge is 2.07. The van der Waals surface area contributed by atoms with E-state index in [4.69, 9.17) is 22.7 Å². The largest absolute Gasteiger partial charge is 0.389 e. The molecule has 106 valence electrons. The standard InChI is InChI=1S/C13H15BrN4OS/c1-19-5-4-18-8-10(7-16-18)17-12-3-2-9(14)6-11(12)13(15)20/h2-3,6-8,17H,4-5H2,1H3,(H2,15,20). The maximum atomic E-state index is 5.74. The van der Waals surface area contributed by atoms with E-state index < -0.39 is 0 Å². The monoisotopic (exact) mass is 354 g/mol. The first-order valence-electron chi connectivity index (χ1n) is 5.98. The van der Waals surface area contributed by atoms with Crippen LogP contribution in [-0.2, 0) is 11.3 Å². The van der Waals surface area contributed by atoms with Gasteiger partial charge in [0.15, 0.2) is 0 Å². The van der Waals surface area contributed by atoms with Gasteiger partial charge in [0.1, 0.15) is 4.99 Å². The molecule has 0 amide bonds. The molecule has 0 fully saturated rings. The number of benzene rings is 1. The number of aromatic nitrogens is 2. The SMILES string of the molecule is COCCn1cc(Nc2ccc(Br)cc2C(N)=S)cn1. The minimum atomic E-state index is 0.348. The first-order valence-corrected chi connectivity index (χ1v) is 7.18. The van der Waals surface area contributed by atoms with E-state index in [0.717, 1.165) is 21.4 Å². The molecule has 3 N–H and O–H groups in total. The van der Waals surface area contributed by atoms with Crippen molar-refractivity contribution in [3.63, 3.8) is 0 Å². The maximum Gasteiger partial charge on any atom is 0.106 e. The lowest BCUT2D eigenvalue weighted by Gasteiger charge is -2.10. The van der Waals surface area contributed by atoms with Gasteiger partial charge >= 0.3 is 0 Å². The number of hydrogen-bond donors (Lipinski definition) is 2. The topological polar surface area (TPSA) is 65.1 Å². The van der Waals surface area contributed by atoms with Crippen LogP contribution in [0.15, 0.2) is 35.1 Å². The van der Waals surface area contributed by atoms with Gasteiger partial charge < -0.3 is 15.8 Å². The zero-order valence-corrected chi connectivity index (χ0v) is 13.4. The highest BCUT2D eigenvalue weighted by Crippen LogP contribution is 2.24. The molecule has 0 radical (unpaired) electrons. The molecule has 0 saturated carbocycles. The van der Waals surface area contributed by atoms with Crippen LogP contribution >= 0.6 is 28.1 Å². The summed E-state index contributed by atoms with van der Waals surface area (Å²) in [7, 11) is 1.67. The molecule has 7 heteroatoms. The molecule has 2 aromatic rings. The Hall–Kier alpha value is -1.44. The molecule has 0 saturated heterocycles. The fourth-order valence-corrected chi connectivity index (χ4v) is 2.25. The Morgan fingerprint density at radius 3 is 3.05 bits per heavy atom. The molecule has 1 heterocycles. The molecule has 0 aliphatic carbocycles. The molecule has 0 unspecified atom stereocenters. The van der Waals surface area contributed by atoms with E-state index in [2.05, 4.69) is 26.3 Å². The summed E-state index contributed by atoms with van der Waals surface area (Å²) in [6.45, 7) is 1.33. The Morgan fingerprint density at radius 2 is 2.35 bits per heavy atom. The third-order valence-electron chi connectivity index (χ3n) is 2.68. The molecule has 20 heavy (non-hydrogen) atoms. The van der Waals surface area contributed by atoms with Crippen LogP contribution in [0.2, 0.25) is 0 Å². The number of ether oxygens (including phenoxy) is 1. The summed E-state index contributed by atoms with van der Waals surface area (Å²) in [6, 6.07) is 5.74. The van der Waals surface area contributed by atoms with Gasteiger partial charge in [-0.15, -0.1) is 0 Å². The Morgan fingerprint density at radius 1 is 1.55 bits per heavy atom. The summed E-state index contributed by atoms with van der Waals surface area (Å²) >= 11 is 8.48. The third-order valence-corrected chi connectivity index (χ3v) is 3.40. The van der Waals surface area contributed by atoms with E-state index >= 15 is 0 Å². The van der Waals surface area contributed by atoms with Gasteiger partial charge in [0.25, 0.3) is 0 Å². The highest BCUT2D eigenvalue weighted by atomic mass is 79.9. The van der Waals surface area contributed by atoms with E-state index in [9.17, 15) is 0 Å². The van der Waals surface area contributed by atoms with Crippen LogP contribution in [0, 0.1) is 0 Å². The molecule has 5 nitrogen and oxygen atoms in total. The number of halogens is 1. The molecule has 0 bridgehead atoms. The first-order chi connectivity index (χ1) is 9.60. The molecular weight excluding hydrogens is 340 g/mol. The van der Waals surface area contributed by atoms with Crippen molar-refractivity contribution in [3.8, 4) is 0 Å². The van der Waals surface area contributed by atoms with Crippen molar-refractivity contribution in [1.29, 1.82) is 0 Å². The summed E-state index contributed by atoms with van der Waals surface area (Å²) in [5, 5.41) is 7.51. The van der Waals surface area contributed by atoms with Crippen molar-refractivity contribution in [2.24, 2.45) is 5.73 Å². The van der Waals surface area contributed by atoms with Crippen molar-refractivity contribution in [2.45, 2.75) is 6.54 Å². The summed E-state index contributed by atoms with van der Waals surface area (Å²) in [5.74, 6) is 0. The number of thiocarbonyl (C=S) groups is 1. The lowest BCUT2D eigenvalue weighted by molar-refractivity contribution is 0.183. The van der Waals surface area contributed by atoms with Crippen LogP contribution in [0.1, 0.15) is 5.56 Å². The number of hydrogen-bond acceptors (Lipinski definition) is 4. The average Bonchev–Trinajstić information content (AvgIpc) is 2.86. The van der Waals surface area contributed by atoms with Crippen molar-refractivity contribution in [2.75, 3.05) is 19.0 Å². The maximum absolute atomic E-state index is 5.74. The molecule has 0 spiro atoms. The van der Waals surface area contributed by atoms with E-state index in [1.54, 1.807) is 13.3 Å². The lowest BCUT2D eigenvalue weighted by Crippen LogP contribution is -2.11. The fourth-order valence-electron chi connectivity index (χ4n) is 1.72. The van der Waals surface area contributed by atoms with Crippen molar-refractivity contribution < 1.29 is 4.74 Å². The van der Waals surface area contributed by atoms with E-state index in [1.165, 1.54) is 0 Å². The molecule has 0 atom stereocenters. The molecule has 0 aliphatic rings. The Bertz CT molecular complexity index is 614. The second-order valence-corrected chi connectivity index (χ2v) is 5.52. The lowest BCUT2D eigenvalue weighted by atomic mass is 10.2. The molecule has 1 aromatic carbocycles. The van der Waals surface area contributed by atoms with Crippen LogP contribution in [0.25, 0.3) is 0 Å². The average molecular weight is 355 g/mol. The molecule has 0 aliphatic heterocycles. The van der Waals surface area contributed by atoms with Crippen molar-refractivity contribution in [1.82, 2.24) is 9.78 Å². The van der Waals surface area contributed by atoms with E-state index in [0.29, 0.717) is 18.1 Å². The summed E-state index contributed by atoms with van der Waals surface area (Å²) in [5.41, 5.74) is 8.26. The number of methoxy groups -OCH3 is 1. The molecule has 2 rings (SSSR count). The molecule has 1 aromatic heterocycles. The normalized spacial score (nSPS) is 10.5. The number of rotatable bonds is 6. The van der Waals surface area contributed by atoms with Crippen LogP contribution in [0.5, 0.6) is 0 Å². The number of nitrogens with one attached hydrogen (secondary N) is 1. The minimum absolute atomic E-state index is 0.348. The Labute approximate surface area is 131 Å². The fraction of sp³-hybridized carbons (Fsp3) is 0.231.